The summed E-state index contributed by atoms with van der Waals surface area (Å²) in [4.78, 5) is 23.1. The number of carbonyl (C=O) groups excluding carboxylic acids is 1. The van der Waals surface area contributed by atoms with Crippen molar-refractivity contribution in [1.82, 2.24) is 9.78 Å². The number of nitrogens with two attached hydrogens (primary N) is 1. The minimum Gasteiger partial charge on any atom is -0.490 e. The molecule has 0 unspecified atom stereocenters. The maximum atomic E-state index is 12.3. The van der Waals surface area contributed by atoms with Gasteiger partial charge in [0.15, 0.2) is 18.1 Å². The molecule has 3 aromatic rings. The van der Waals surface area contributed by atoms with Crippen molar-refractivity contribution in [2.45, 2.75) is 13.0 Å². The van der Waals surface area contributed by atoms with Gasteiger partial charge in [0.05, 0.1) is 25.5 Å². The van der Waals surface area contributed by atoms with Gasteiger partial charge in [0, 0.05) is 18.1 Å². The number of nitrogens with zero attached hydrogens (tertiary/aromatic N) is 2. The van der Waals surface area contributed by atoms with Crippen LogP contribution in [0.25, 0.3) is 11.3 Å². The highest BCUT2D eigenvalue weighted by Gasteiger charge is 2.13. The van der Waals surface area contributed by atoms with Crippen molar-refractivity contribution in [3.63, 3.8) is 0 Å². The molecule has 0 radical (unpaired) electrons. The monoisotopic (exact) mass is 407 g/mol. The molecule has 0 atom stereocenters. The number of primary amides is 1. The van der Waals surface area contributed by atoms with Crippen LogP contribution in [-0.2, 0) is 11.3 Å². The molecule has 8 heteroatoms. The van der Waals surface area contributed by atoms with Crippen LogP contribution in [0.15, 0.2) is 59.4 Å². The number of hydrogen-bond donors (Lipinski definition) is 1. The fourth-order valence-corrected chi connectivity index (χ4v) is 3.06. The zero-order valence-corrected chi connectivity index (χ0v) is 16.2. The van der Waals surface area contributed by atoms with Crippen LogP contribution in [0.5, 0.6) is 17.2 Å². The summed E-state index contributed by atoms with van der Waals surface area (Å²) in [6.07, 6.45) is 0.833. The van der Waals surface area contributed by atoms with Gasteiger partial charge in [0.1, 0.15) is 5.75 Å². The van der Waals surface area contributed by atoms with E-state index < -0.39 is 5.91 Å². The Morgan fingerprint density at radius 3 is 2.57 bits per heavy atom. The summed E-state index contributed by atoms with van der Waals surface area (Å²) in [6, 6.07) is 15.9. The normalized spacial score (nSPS) is 12.8. The topological polar surface area (TPSA) is 106 Å². The van der Waals surface area contributed by atoms with Gasteiger partial charge in [-0.05, 0) is 42.0 Å². The second-order valence-corrected chi connectivity index (χ2v) is 6.83. The average molecular weight is 407 g/mol. The minimum atomic E-state index is -0.540. The second kappa shape index (κ2) is 8.69. The molecule has 154 valence electrons. The van der Waals surface area contributed by atoms with Crippen molar-refractivity contribution in [2.75, 3.05) is 19.8 Å². The molecule has 2 aromatic carbocycles. The van der Waals surface area contributed by atoms with Crippen LogP contribution in [0.2, 0.25) is 0 Å². The maximum absolute atomic E-state index is 12.3. The Bertz CT molecular complexity index is 1110. The quantitative estimate of drug-likeness (QED) is 0.670. The van der Waals surface area contributed by atoms with Gasteiger partial charge in [-0.15, -0.1) is 0 Å². The van der Waals surface area contributed by atoms with Crippen molar-refractivity contribution >= 4 is 5.91 Å². The number of ether oxygens (including phenoxy) is 3. The van der Waals surface area contributed by atoms with Gasteiger partial charge in [-0.25, -0.2) is 4.68 Å². The summed E-state index contributed by atoms with van der Waals surface area (Å²) >= 11 is 0. The predicted octanol–water partition coefficient (Wildman–Crippen LogP) is 1.98. The Kier molecular flexibility index (Phi) is 5.65. The second-order valence-electron chi connectivity index (χ2n) is 6.83. The highest BCUT2D eigenvalue weighted by Crippen LogP contribution is 2.33. The summed E-state index contributed by atoms with van der Waals surface area (Å²) in [7, 11) is 0. The standard InChI is InChI=1S/C22H21N3O5/c23-21(26)14-30-17-5-2-15(3-6-17)13-25-22(27)9-7-18(24-25)16-4-8-19-20(12-16)29-11-1-10-28-19/h2-9,12H,1,10-11,13-14H2,(H2,23,26). The predicted molar refractivity (Wildman–Crippen MR) is 110 cm³/mol. The van der Waals surface area contributed by atoms with Crippen molar-refractivity contribution in [1.29, 1.82) is 0 Å². The van der Waals surface area contributed by atoms with Crippen LogP contribution in [0, 0.1) is 0 Å². The molecule has 0 saturated heterocycles. The van der Waals surface area contributed by atoms with Crippen LogP contribution in [0.1, 0.15) is 12.0 Å². The molecule has 1 aliphatic rings. The average Bonchev–Trinajstić information content (AvgIpc) is 2.99. The van der Waals surface area contributed by atoms with Gasteiger partial charge in [0.2, 0.25) is 0 Å². The molecular formula is C22H21N3O5. The zero-order valence-electron chi connectivity index (χ0n) is 16.2. The van der Waals surface area contributed by atoms with Gasteiger partial charge in [-0.1, -0.05) is 12.1 Å². The molecule has 1 aromatic heterocycles. The van der Waals surface area contributed by atoms with Gasteiger partial charge in [-0.3, -0.25) is 9.59 Å². The van der Waals surface area contributed by atoms with Gasteiger partial charge in [0.25, 0.3) is 11.5 Å². The number of benzene rings is 2. The fraction of sp³-hybridized carbons (Fsp3) is 0.227. The van der Waals surface area contributed by atoms with Crippen LogP contribution < -0.4 is 25.5 Å². The van der Waals surface area contributed by atoms with E-state index in [9.17, 15) is 9.59 Å². The number of hydrogen-bond acceptors (Lipinski definition) is 6. The highest BCUT2D eigenvalue weighted by molar-refractivity contribution is 5.75. The molecule has 1 aliphatic heterocycles. The van der Waals surface area contributed by atoms with Crippen LogP contribution in [0.3, 0.4) is 0 Å². The first kappa shape index (κ1) is 19.5. The first-order valence-corrected chi connectivity index (χ1v) is 9.57. The van der Waals surface area contributed by atoms with E-state index in [1.807, 2.05) is 30.3 Å². The molecule has 0 saturated carbocycles. The van der Waals surface area contributed by atoms with Crippen molar-refractivity contribution in [3.05, 3.63) is 70.5 Å². The molecular weight excluding hydrogens is 386 g/mol. The first-order chi connectivity index (χ1) is 14.6. The molecule has 0 fully saturated rings. The lowest BCUT2D eigenvalue weighted by molar-refractivity contribution is -0.119. The lowest BCUT2D eigenvalue weighted by Gasteiger charge is -2.11. The number of carbonyl (C=O) groups is 1. The lowest BCUT2D eigenvalue weighted by Crippen LogP contribution is -2.23. The summed E-state index contributed by atoms with van der Waals surface area (Å²) < 4.78 is 18.1. The van der Waals surface area contributed by atoms with Crippen molar-refractivity contribution in [3.8, 4) is 28.5 Å². The first-order valence-electron chi connectivity index (χ1n) is 9.57. The van der Waals surface area contributed by atoms with Gasteiger partial charge >= 0.3 is 0 Å². The Morgan fingerprint density at radius 1 is 1.03 bits per heavy atom. The van der Waals surface area contributed by atoms with Crippen LogP contribution >= 0.6 is 0 Å². The molecule has 2 N–H and O–H groups in total. The highest BCUT2D eigenvalue weighted by atomic mass is 16.5. The number of aromatic nitrogens is 2. The molecule has 4 rings (SSSR count). The number of amides is 1. The Hall–Kier alpha value is -3.81. The van der Waals surface area contributed by atoms with Crippen molar-refractivity contribution < 1.29 is 19.0 Å². The zero-order chi connectivity index (χ0) is 20.9. The van der Waals surface area contributed by atoms with Crippen LogP contribution in [-0.4, -0.2) is 35.5 Å². The molecule has 0 spiro atoms. The van der Waals surface area contributed by atoms with Gasteiger partial charge in [-0.2, -0.15) is 5.10 Å². The molecule has 8 nitrogen and oxygen atoms in total. The third kappa shape index (κ3) is 4.60. The Morgan fingerprint density at radius 2 is 1.80 bits per heavy atom. The molecule has 1 amide bonds. The van der Waals surface area contributed by atoms with Crippen molar-refractivity contribution in [2.24, 2.45) is 5.73 Å². The van der Waals surface area contributed by atoms with E-state index in [-0.39, 0.29) is 12.2 Å². The smallest absolute Gasteiger partial charge is 0.267 e. The van der Waals surface area contributed by atoms with E-state index in [0.717, 1.165) is 17.5 Å². The fourth-order valence-electron chi connectivity index (χ4n) is 3.06. The Balaban J connectivity index is 1.54. The summed E-state index contributed by atoms with van der Waals surface area (Å²) in [6.45, 7) is 1.34. The largest absolute Gasteiger partial charge is 0.490 e. The summed E-state index contributed by atoms with van der Waals surface area (Å²) in [5.74, 6) is 1.37. The van der Waals surface area contributed by atoms with E-state index >= 15 is 0 Å². The SMILES string of the molecule is NC(=O)COc1ccc(Cn2nc(-c3ccc4c(c3)OCCCO4)ccc2=O)cc1. The van der Waals surface area contributed by atoms with Crippen LogP contribution in [0.4, 0.5) is 0 Å². The summed E-state index contributed by atoms with van der Waals surface area (Å²) in [5.41, 5.74) is 7.23. The van der Waals surface area contributed by atoms with E-state index in [2.05, 4.69) is 5.10 Å². The van der Waals surface area contributed by atoms with E-state index in [0.29, 0.717) is 42.7 Å². The van der Waals surface area contributed by atoms with Gasteiger partial charge < -0.3 is 19.9 Å². The van der Waals surface area contributed by atoms with E-state index in [1.165, 1.54) is 10.7 Å². The third-order valence-corrected chi connectivity index (χ3v) is 4.55. The lowest BCUT2D eigenvalue weighted by atomic mass is 10.1. The number of rotatable bonds is 6. The molecule has 2 heterocycles. The third-order valence-electron chi connectivity index (χ3n) is 4.55. The molecule has 0 aliphatic carbocycles. The van der Waals surface area contributed by atoms with E-state index in [1.54, 1.807) is 18.2 Å². The summed E-state index contributed by atoms with van der Waals surface area (Å²) in [5, 5.41) is 4.51. The maximum Gasteiger partial charge on any atom is 0.267 e. The molecule has 30 heavy (non-hydrogen) atoms. The minimum absolute atomic E-state index is 0.183. The number of fused-ring (bicyclic) bond motifs is 1. The van der Waals surface area contributed by atoms with E-state index in [4.69, 9.17) is 19.9 Å². The molecule has 0 bridgehead atoms. The Labute approximate surface area is 172 Å².